The molecule has 1 aromatic rings. The second kappa shape index (κ2) is 5.02. The van der Waals surface area contributed by atoms with Crippen LogP contribution in [0.4, 0.5) is 0 Å². The summed E-state index contributed by atoms with van der Waals surface area (Å²) in [6.45, 7) is 1.41. The third-order valence-electron chi connectivity index (χ3n) is 3.09. The molecule has 0 saturated carbocycles. The molecule has 2 rings (SSSR count). The van der Waals surface area contributed by atoms with Gasteiger partial charge in [0.15, 0.2) is 0 Å². The minimum atomic E-state index is -0.550. The molecule has 1 saturated heterocycles. The van der Waals surface area contributed by atoms with E-state index in [2.05, 4.69) is 10.4 Å². The summed E-state index contributed by atoms with van der Waals surface area (Å²) in [5, 5.41) is 9.13. The van der Waals surface area contributed by atoms with Crippen molar-refractivity contribution in [2.45, 2.75) is 31.7 Å². The fourth-order valence-electron chi connectivity index (χ4n) is 2.05. The molecule has 1 aliphatic heterocycles. The van der Waals surface area contributed by atoms with E-state index in [9.17, 15) is 9.59 Å². The van der Waals surface area contributed by atoms with E-state index >= 15 is 0 Å². The topological polar surface area (TPSA) is 122 Å². The zero-order chi connectivity index (χ0) is 13.3. The van der Waals surface area contributed by atoms with E-state index in [1.165, 1.54) is 10.8 Å². The first-order valence-corrected chi connectivity index (χ1v) is 5.61. The van der Waals surface area contributed by atoms with Crippen molar-refractivity contribution in [3.05, 3.63) is 32.6 Å². The summed E-state index contributed by atoms with van der Waals surface area (Å²) in [5.74, 6) is 5.35. The highest BCUT2D eigenvalue weighted by atomic mass is 16.5. The van der Waals surface area contributed by atoms with Gasteiger partial charge >= 0.3 is 5.69 Å². The van der Waals surface area contributed by atoms with Gasteiger partial charge in [0.1, 0.15) is 6.23 Å². The summed E-state index contributed by atoms with van der Waals surface area (Å²) in [6, 6.07) is -0.237. The molecule has 100 valence electrons. The number of nitrogens with two attached hydrogens (primary N) is 1. The number of aliphatic hydroxyl groups excluding tert-OH is 1. The van der Waals surface area contributed by atoms with Gasteiger partial charge in [-0.25, -0.2) is 4.79 Å². The predicted octanol–water partition coefficient (Wildman–Crippen LogP) is -2.04. The Kier molecular flexibility index (Phi) is 3.62. The SMILES string of the molecule is Cc1cn([C@H]2C[C@@H](NN)C(CO)O2)c(=O)[nH]c1=O. The molecule has 0 radical (unpaired) electrons. The Morgan fingerprint density at radius 3 is 2.94 bits per heavy atom. The Morgan fingerprint density at radius 2 is 2.39 bits per heavy atom. The van der Waals surface area contributed by atoms with Crippen LogP contribution in [0.15, 0.2) is 15.8 Å². The van der Waals surface area contributed by atoms with E-state index in [-0.39, 0.29) is 12.6 Å². The van der Waals surface area contributed by atoms with Crippen LogP contribution in [0.5, 0.6) is 0 Å². The van der Waals surface area contributed by atoms with E-state index < -0.39 is 23.6 Å². The van der Waals surface area contributed by atoms with Crippen molar-refractivity contribution < 1.29 is 9.84 Å². The number of nitrogens with one attached hydrogen (secondary N) is 2. The van der Waals surface area contributed by atoms with Gasteiger partial charge in [0, 0.05) is 18.2 Å². The highest BCUT2D eigenvalue weighted by molar-refractivity contribution is 5.02. The molecule has 1 aliphatic rings. The Balaban J connectivity index is 2.31. The van der Waals surface area contributed by atoms with Crippen LogP contribution in [0.3, 0.4) is 0 Å². The number of nitrogens with zero attached hydrogens (tertiary/aromatic N) is 1. The minimum absolute atomic E-state index is 0.192. The molecule has 1 fully saturated rings. The Hall–Kier alpha value is -1.48. The van der Waals surface area contributed by atoms with E-state index in [1.54, 1.807) is 6.92 Å². The number of aliphatic hydroxyl groups is 1. The second-order valence-electron chi connectivity index (χ2n) is 4.30. The number of hydrogen-bond donors (Lipinski definition) is 4. The third-order valence-corrected chi connectivity index (χ3v) is 3.09. The maximum absolute atomic E-state index is 11.7. The molecule has 0 aliphatic carbocycles. The Bertz CT molecular complexity index is 525. The van der Waals surface area contributed by atoms with Gasteiger partial charge in [0.25, 0.3) is 5.56 Å². The average Bonchev–Trinajstić information content (AvgIpc) is 2.76. The lowest BCUT2D eigenvalue weighted by Gasteiger charge is -2.15. The van der Waals surface area contributed by atoms with E-state index in [4.69, 9.17) is 15.7 Å². The summed E-state index contributed by atoms with van der Waals surface area (Å²) in [7, 11) is 0. The molecule has 2 heterocycles. The molecule has 0 amide bonds. The summed E-state index contributed by atoms with van der Waals surface area (Å²) < 4.78 is 6.83. The molecule has 0 aromatic carbocycles. The van der Waals surface area contributed by atoms with Crippen LogP contribution in [0.2, 0.25) is 0 Å². The molecule has 18 heavy (non-hydrogen) atoms. The summed E-state index contributed by atoms with van der Waals surface area (Å²) in [4.78, 5) is 25.2. The maximum atomic E-state index is 11.7. The molecule has 8 nitrogen and oxygen atoms in total. The Morgan fingerprint density at radius 1 is 1.67 bits per heavy atom. The molecule has 1 unspecified atom stereocenters. The van der Waals surface area contributed by atoms with E-state index in [0.717, 1.165) is 0 Å². The molecule has 1 aromatic heterocycles. The van der Waals surface area contributed by atoms with Gasteiger partial charge in [-0.05, 0) is 6.92 Å². The summed E-state index contributed by atoms with van der Waals surface area (Å²) in [6.07, 6.45) is 0.858. The molecule has 0 bridgehead atoms. The molecule has 8 heteroatoms. The van der Waals surface area contributed by atoms with Crippen LogP contribution in [0.1, 0.15) is 18.2 Å². The van der Waals surface area contributed by atoms with Crippen molar-refractivity contribution >= 4 is 0 Å². The monoisotopic (exact) mass is 256 g/mol. The van der Waals surface area contributed by atoms with Gasteiger partial charge in [-0.1, -0.05) is 0 Å². The van der Waals surface area contributed by atoms with Crippen molar-refractivity contribution in [2.75, 3.05) is 6.61 Å². The number of aromatic nitrogens is 2. The van der Waals surface area contributed by atoms with E-state index in [0.29, 0.717) is 12.0 Å². The lowest BCUT2D eigenvalue weighted by atomic mass is 10.1. The molecular weight excluding hydrogens is 240 g/mol. The largest absolute Gasteiger partial charge is 0.394 e. The molecule has 0 spiro atoms. The highest BCUT2D eigenvalue weighted by Gasteiger charge is 2.35. The first-order valence-electron chi connectivity index (χ1n) is 5.61. The highest BCUT2D eigenvalue weighted by Crippen LogP contribution is 2.26. The number of aryl methyl sites for hydroxylation is 1. The number of H-pyrrole nitrogens is 1. The summed E-state index contributed by atoms with van der Waals surface area (Å²) in [5.41, 5.74) is 2.00. The molecule has 5 N–H and O–H groups in total. The predicted molar refractivity (Wildman–Crippen MR) is 62.8 cm³/mol. The van der Waals surface area contributed by atoms with Crippen molar-refractivity contribution in [3.63, 3.8) is 0 Å². The van der Waals surface area contributed by atoms with Crippen LogP contribution in [0, 0.1) is 6.92 Å². The molecular formula is C10H16N4O4. The normalized spacial score (nSPS) is 27.6. The maximum Gasteiger partial charge on any atom is 0.330 e. The van der Waals surface area contributed by atoms with Crippen LogP contribution in [-0.4, -0.2) is 33.4 Å². The zero-order valence-electron chi connectivity index (χ0n) is 9.92. The molecule has 3 atom stereocenters. The number of hydrogen-bond acceptors (Lipinski definition) is 6. The lowest BCUT2D eigenvalue weighted by Crippen LogP contribution is -2.42. The van der Waals surface area contributed by atoms with Gasteiger partial charge < -0.3 is 9.84 Å². The van der Waals surface area contributed by atoms with Crippen LogP contribution >= 0.6 is 0 Å². The van der Waals surface area contributed by atoms with Crippen LogP contribution < -0.4 is 22.5 Å². The minimum Gasteiger partial charge on any atom is -0.394 e. The standard InChI is InChI=1S/C10H16N4O4/c1-5-3-14(10(17)12-9(5)16)8-2-6(13-11)7(4-15)18-8/h3,6-8,13,15H,2,4,11H2,1H3,(H,12,16,17)/t6-,7?,8-/m1/s1. The van der Waals surface area contributed by atoms with E-state index in [1.807, 2.05) is 0 Å². The fraction of sp³-hybridized carbons (Fsp3) is 0.600. The second-order valence-corrected chi connectivity index (χ2v) is 4.30. The van der Waals surface area contributed by atoms with Crippen molar-refractivity contribution in [1.82, 2.24) is 15.0 Å². The number of aromatic amines is 1. The van der Waals surface area contributed by atoms with Crippen LogP contribution in [0.25, 0.3) is 0 Å². The lowest BCUT2D eigenvalue weighted by molar-refractivity contribution is -0.0291. The first-order chi connectivity index (χ1) is 8.56. The van der Waals surface area contributed by atoms with Crippen molar-refractivity contribution in [1.29, 1.82) is 0 Å². The number of ether oxygens (including phenoxy) is 1. The fourth-order valence-corrected chi connectivity index (χ4v) is 2.05. The van der Waals surface area contributed by atoms with Crippen LogP contribution in [-0.2, 0) is 4.74 Å². The van der Waals surface area contributed by atoms with Gasteiger partial charge in [-0.15, -0.1) is 0 Å². The zero-order valence-corrected chi connectivity index (χ0v) is 9.92. The quantitative estimate of drug-likeness (QED) is 0.365. The number of rotatable bonds is 3. The first kappa shape index (κ1) is 13.0. The third kappa shape index (κ3) is 2.23. The Labute approximate surface area is 102 Å². The van der Waals surface area contributed by atoms with Crippen molar-refractivity contribution in [3.8, 4) is 0 Å². The van der Waals surface area contributed by atoms with Gasteiger partial charge in [-0.3, -0.25) is 25.6 Å². The number of hydrazine groups is 1. The average molecular weight is 256 g/mol. The smallest absolute Gasteiger partial charge is 0.330 e. The van der Waals surface area contributed by atoms with Gasteiger partial charge in [-0.2, -0.15) is 0 Å². The summed E-state index contributed by atoms with van der Waals surface area (Å²) >= 11 is 0. The van der Waals surface area contributed by atoms with Crippen molar-refractivity contribution in [2.24, 2.45) is 5.84 Å². The van der Waals surface area contributed by atoms with Gasteiger partial charge in [0.2, 0.25) is 0 Å². The van der Waals surface area contributed by atoms with Gasteiger partial charge in [0.05, 0.1) is 18.8 Å².